The van der Waals surface area contributed by atoms with E-state index in [1.54, 1.807) is 24.5 Å². The number of furan rings is 1. The number of hydrogen-bond donors (Lipinski definition) is 1. The second-order valence-corrected chi connectivity index (χ2v) is 10.2. The molecule has 0 saturated carbocycles. The van der Waals surface area contributed by atoms with Gasteiger partial charge in [-0.25, -0.2) is 13.6 Å². The monoisotopic (exact) mass is 461 g/mol. The van der Waals surface area contributed by atoms with Crippen molar-refractivity contribution in [3.63, 3.8) is 0 Å². The summed E-state index contributed by atoms with van der Waals surface area (Å²) in [5, 5.41) is 6.77. The van der Waals surface area contributed by atoms with Gasteiger partial charge in [-0.3, -0.25) is 4.98 Å². The number of aromatic nitrogens is 1. The van der Waals surface area contributed by atoms with E-state index in [9.17, 15) is 8.42 Å². The molecule has 7 heteroatoms. The summed E-state index contributed by atoms with van der Waals surface area (Å²) in [5.41, 5.74) is 4.69. The number of hydrogen-bond acceptors (Lipinski definition) is 5. The van der Waals surface area contributed by atoms with Crippen molar-refractivity contribution in [1.29, 1.82) is 0 Å². The van der Waals surface area contributed by atoms with Crippen LogP contribution in [0.2, 0.25) is 0 Å². The Labute approximate surface area is 194 Å². The van der Waals surface area contributed by atoms with E-state index in [4.69, 9.17) is 9.56 Å². The largest absolute Gasteiger partial charge is 0.464 e. The quantitative estimate of drug-likeness (QED) is 0.454. The van der Waals surface area contributed by atoms with Crippen LogP contribution in [-0.2, 0) is 16.4 Å². The van der Waals surface area contributed by atoms with Crippen molar-refractivity contribution in [2.75, 3.05) is 19.6 Å². The first-order valence-electron chi connectivity index (χ1n) is 11.2. The van der Waals surface area contributed by atoms with Crippen molar-refractivity contribution >= 4 is 21.0 Å². The third-order valence-electron chi connectivity index (χ3n) is 6.60. The molecule has 1 fully saturated rings. The van der Waals surface area contributed by atoms with Gasteiger partial charge in [0.25, 0.3) is 0 Å². The molecule has 0 bridgehead atoms. The molecule has 2 aromatic heterocycles. The van der Waals surface area contributed by atoms with Crippen LogP contribution in [0, 0.1) is 0 Å². The molecule has 5 rings (SSSR count). The molecule has 0 radical (unpaired) electrons. The van der Waals surface area contributed by atoms with Gasteiger partial charge in [0.1, 0.15) is 5.58 Å². The van der Waals surface area contributed by atoms with Gasteiger partial charge in [0.2, 0.25) is 10.0 Å². The highest BCUT2D eigenvalue weighted by atomic mass is 32.2. The summed E-state index contributed by atoms with van der Waals surface area (Å²) in [6.45, 7) is 2.90. The molecule has 0 amide bonds. The molecule has 2 N–H and O–H groups in total. The highest BCUT2D eigenvalue weighted by Crippen LogP contribution is 2.38. The van der Waals surface area contributed by atoms with Crippen LogP contribution >= 0.6 is 0 Å². The Morgan fingerprint density at radius 3 is 2.61 bits per heavy atom. The molecule has 170 valence electrons. The zero-order chi connectivity index (χ0) is 22.8. The fourth-order valence-electron chi connectivity index (χ4n) is 4.92. The Kier molecular flexibility index (Phi) is 6.01. The third kappa shape index (κ3) is 4.57. The fraction of sp³-hybridized carbons (Fsp3) is 0.269. The number of nitrogens with two attached hydrogens (primary N) is 1. The molecule has 1 saturated heterocycles. The molecule has 0 aliphatic carbocycles. The molecule has 0 atom stereocenters. The average molecular weight is 462 g/mol. The SMILES string of the molecule is NS(=O)(=O)c1cccc(C2CCN(CCc3coc4ccccc34)CC2)c1-c1cccnc1. The summed E-state index contributed by atoms with van der Waals surface area (Å²) in [7, 11) is -3.85. The van der Waals surface area contributed by atoms with Gasteiger partial charge in [-0.15, -0.1) is 0 Å². The summed E-state index contributed by atoms with van der Waals surface area (Å²) in [4.78, 5) is 6.85. The van der Waals surface area contributed by atoms with Crippen LogP contribution < -0.4 is 5.14 Å². The Morgan fingerprint density at radius 1 is 1.03 bits per heavy atom. The third-order valence-corrected chi connectivity index (χ3v) is 7.55. The number of likely N-dealkylation sites (tertiary alicyclic amines) is 1. The van der Waals surface area contributed by atoms with Gasteiger partial charge in [-0.1, -0.05) is 36.4 Å². The summed E-state index contributed by atoms with van der Waals surface area (Å²) in [6.07, 6.45) is 8.14. The molecule has 4 aromatic rings. The van der Waals surface area contributed by atoms with E-state index in [0.29, 0.717) is 5.56 Å². The van der Waals surface area contributed by atoms with Gasteiger partial charge in [-0.2, -0.15) is 0 Å². The van der Waals surface area contributed by atoms with Gasteiger partial charge in [0, 0.05) is 35.5 Å². The van der Waals surface area contributed by atoms with E-state index in [-0.39, 0.29) is 10.8 Å². The summed E-state index contributed by atoms with van der Waals surface area (Å²) in [5.74, 6) is 0.271. The smallest absolute Gasteiger partial charge is 0.238 e. The standard InChI is InChI=1S/C26H27N3O3S/c27-33(30,31)25-9-3-7-23(26(25)20-5-4-13-28-17-20)19-10-14-29(15-11-19)16-12-21-18-32-24-8-2-1-6-22(21)24/h1-9,13,17-19H,10-12,14-16H2,(H2,27,30,31). The maximum atomic E-state index is 12.3. The maximum Gasteiger partial charge on any atom is 0.238 e. The highest BCUT2D eigenvalue weighted by Gasteiger charge is 2.26. The number of rotatable bonds is 6. The van der Waals surface area contributed by atoms with E-state index in [1.165, 1.54) is 10.9 Å². The van der Waals surface area contributed by atoms with Gasteiger partial charge < -0.3 is 9.32 Å². The van der Waals surface area contributed by atoms with E-state index in [1.807, 2.05) is 42.7 Å². The Bertz CT molecular complexity index is 1360. The predicted octanol–water partition coefficient (Wildman–Crippen LogP) is 4.56. The van der Waals surface area contributed by atoms with Gasteiger partial charge in [-0.05, 0) is 67.6 Å². The molecule has 0 spiro atoms. The second-order valence-electron chi connectivity index (χ2n) is 8.63. The van der Waals surface area contributed by atoms with Crippen LogP contribution in [0.4, 0.5) is 0 Å². The molecular weight excluding hydrogens is 434 g/mol. The number of nitrogens with zero attached hydrogens (tertiary/aromatic N) is 2. The molecular formula is C26H27N3O3S. The van der Waals surface area contributed by atoms with Gasteiger partial charge in [0.15, 0.2) is 0 Å². The molecule has 6 nitrogen and oxygen atoms in total. The van der Waals surface area contributed by atoms with Crippen LogP contribution in [0.5, 0.6) is 0 Å². The zero-order valence-electron chi connectivity index (χ0n) is 18.4. The molecule has 2 aromatic carbocycles. The first kappa shape index (κ1) is 21.8. The number of fused-ring (bicyclic) bond motifs is 1. The summed E-state index contributed by atoms with van der Waals surface area (Å²) < 4.78 is 30.4. The van der Waals surface area contributed by atoms with Crippen LogP contribution in [0.15, 0.2) is 82.6 Å². The number of pyridine rings is 1. The highest BCUT2D eigenvalue weighted by molar-refractivity contribution is 7.89. The van der Waals surface area contributed by atoms with E-state index < -0.39 is 10.0 Å². The second kappa shape index (κ2) is 9.09. The van der Waals surface area contributed by atoms with Crippen molar-refractivity contribution < 1.29 is 12.8 Å². The van der Waals surface area contributed by atoms with Crippen LogP contribution in [0.25, 0.3) is 22.1 Å². The van der Waals surface area contributed by atoms with Crippen molar-refractivity contribution in [2.24, 2.45) is 5.14 Å². The van der Waals surface area contributed by atoms with Gasteiger partial charge in [0.05, 0.1) is 11.2 Å². The van der Waals surface area contributed by atoms with E-state index in [2.05, 4.69) is 16.0 Å². The number of sulfonamides is 1. The minimum Gasteiger partial charge on any atom is -0.464 e. The van der Waals surface area contributed by atoms with Crippen molar-refractivity contribution in [3.8, 4) is 11.1 Å². The lowest BCUT2D eigenvalue weighted by Gasteiger charge is -2.33. The topological polar surface area (TPSA) is 89.4 Å². The minimum atomic E-state index is -3.85. The van der Waals surface area contributed by atoms with E-state index >= 15 is 0 Å². The lowest BCUT2D eigenvalue weighted by atomic mass is 9.84. The molecule has 3 heterocycles. The Hall–Kier alpha value is -3.00. The number of piperidine rings is 1. The van der Waals surface area contributed by atoms with Crippen LogP contribution in [-0.4, -0.2) is 37.9 Å². The summed E-state index contributed by atoms with van der Waals surface area (Å²) >= 11 is 0. The summed E-state index contributed by atoms with van der Waals surface area (Å²) in [6, 6.07) is 17.3. The normalized spacial score (nSPS) is 15.8. The number of benzene rings is 2. The van der Waals surface area contributed by atoms with Crippen molar-refractivity contribution in [2.45, 2.75) is 30.1 Å². The lowest BCUT2D eigenvalue weighted by molar-refractivity contribution is 0.215. The maximum absolute atomic E-state index is 12.3. The molecule has 0 unspecified atom stereocenters. The molecule has 1 aliphatic rings. The Morgan fingerprint density at radius 2 is 1.85 bits per heavy atom. The number of primary sulfonamides is 1. The van der Waals surface area contributed by atoms with Gasteiger partial charge >= 0.3 is 0 Å². The lowest BCUT2D eigenvalue weighted by Crippen LogP contribution is -2.34. The number of para-hydroxylation sites is 1. The van der Waals surface area contributed by atoms with Crippen LogP contribution in [0.1, 0.15) is 29.9 Å². The van der Waals surface area contributed by atoms with Crippen LogP contribution in [0.3, 0.4) is 0 Å². The zero-order valence-corrected chi connectivity index (χ0v) is 19.2. The van der Waals surface area contributed by atoms with E-state index in [0.717, 1.165) is 55.6 Å². The first-order valence-corrected chi connectivity index (χ1v) is 12.8. The first-order chi connectivity index (χ1) is 16.0. The Balaban J connectivity index is 1.33. The minimum absolute atomic E-state index is 0.169. The predicted molar refractivity (Wildman–Crippen MR) is 129 cm³/mol. The molecule has 33 heavy (non-hydrogen) atoms. The average Bonchev–Trinajstić information content (AvgIpc) is 3.26. The van der Waals surface area contributed by atoms with Crippen molar-refractivity contribution in [1.82, 2.24) is 9.88 Å². The molecule has 1 aliphatic heterocycles. The van der Waals surface area contributed by atoms with Crippen molar-refractivity contribution in [3.05, 3.63) is 84.4 Å². The fourth-order valence-corrected chi connectivity index (χ4v) is 5.71.